The molecule has 1 unspecified atom stereocenters. The summed E-state index contributed by atoms with van der Waals surface area (Å²) in [6.45, 7) is 1.24. The van der Waals surface area contributed by atoms with Crippen LogP contribution in [-0.4, -0.2) is 58.2 Å². The molecule has 1 aromatic rings. The summed E-state index contributed by atoms with van der Waals surface area (Å²) < 4.78 is 5.58. The third-order valence-electron chi connectivity index (χ3n) is 3.19. The Morgan fingerprint density at radius 3 is 2.60 bits per heavy atom. The number of aromatic carboxylic acids is 1. The largest absolute Gasteiger partial charge is 0.476 e. The molecule has 1 amide bonds. The molecule has 0 aromatic carbocycles. The highest BCUT2D eigenvalue weighted by Crippen LogP contribution is 2.14. The van der Waals surface area contributed by atoms with E-state index in [1.165, 1.54) is 11.1 Å². The monoisotopic (exact) mass is 279 g/mol. The molecule has 1 N–H and O–H groups in total. The van der Waals surface area contributed by atoms with E-state index in [1.807, 2.05) is 0 Å². The van der Waals surface area contributed by atoms with E-state index < -0.39 is 5.97 Å². The highest BCUT2D eigenvalue weighted by atomic mass is 16.5. The minimum absolute atomic E-state index is 0.0592. The van der Waals surface area contributed by atoms with Gasteiger partial charge in [-0.15, -0.1) is 0 Å². The van der Waals surface area contributed by atoms with Crippen molar-refractivity contribution in [2.24, 2.45) is 0 Å². The van der Waals surface area contributed by atoms with Crippen LogP contribution >= 0.6 is 0 Å². The zero-order valence-electron chi connectivity index (χ0n) is 11.3. The minimum atomic E-state index is -1.17. The van der Waals surface area contributed by atoms with Crippen molar-refractivity contribution >= 4 is 11.9 Å². The van der Waals surface area contributed by atoms with Crippen LogP contribution in [0.3, 0.4) is 0 Å². The van der Waals surface area contributed by atoms with Crippen molar-refractivity contribution in [2.45, 2.75) is 25.4 Å². The molecule has 0 aliphatic carbocycles. The first-order valence-electron chi connectivity index (χ1n) is 6.50. The summed E-state index contributed by atoms with van der Waals surface area (Å²) in [5.74, 6) is -1.45. The van der Waals surface area contributed by atoms with Crippen molar-refractivity contribution in [1.29, 1.82) is 0 Å². The molecule has 20 heavy (non-hydrogen) atoms. The molecule has 1 atom stereocenters. The number of rotatable bonds is 4. The van der Waals surface area contributed by atoms with Crippen molar-refractivity contribution in [3.63, 3.8) is 0 Å². The quantitative estimate of drug-likeness (QED) is 0.877. The summed E-state index contributed by atoms with van der Waals surface area (Å²) in [5.41, 5.74) is -0.0480. The molecular formula is C13H17N3O4. The normalized spacial score (nSPS) is 18.6. The maximum atomic E-state index is 12.1. The van der Waals surface area contributed by atoms with Crippen LogP contribution in [-0.2, 0) is 4.74 Å². The molecule has 7 nitrogen and oxygen atoms in total. The average Bonchev–Trinajstić information content (AvgIpc) is 2.47. The van der Waals surface area contributed by atoms with Crippen LogP contribution in [0.4, 0.5) is 0 Å². The van der Waals surface area contributed by atoms with E-state index in [-0.39, 0.29) is 23.4 Å². The standard InChI is InChI=1S/C13H17N3O4/c1-16(8-9-4-2-3-5-20-9)12(17)10-6-15-11(7-14-10)13(18)19/h6-7,9H,2-5,8H2,1H3,(H,18,19). The first kappa shape index (κ1) is 14.4. The van der Waals surface area contributed by atoms with Gasteiger partial charge < -0.3 is 14.7 Å². The van der Waals surface area contributed by atoms with Crippen LogP contribution < -0.4 is 0 Å². The lowest BCUT2D eigenvalue weighted by atomic mass is 10.1. The summed E-state index contributed by atoms with van der Waals surface area (Å²) in [4.78, 5) is 31.8. The minimum Gasteiger partial charge on any atom is -0.476 e. The molecule has 0 spiro atoms. The second-order valence-electron chi connectivity index (χ2n) is 4.77. The highest BCUT2D eigenvalue weighted by Gasteiger charge is 2.21. The first-order chi connectivity index (χ1) is 9.58. The summed E-state index contributed by atoms with van der Waals surface area (Å²) in [7, 11) is 1.67. The molecule has 1 aliphatic rings. The van der Waals surface area contributed by atoms with Gasteiger partial charge in [-0.2, -0.15) is 0 Å². The Balaban J connectivity index is 1.96. The highest BCUT2D eigenvalue weighted by molar-refractivity contribution is 5.92. The third-order valence-corrected chi connectivity index (χ3v) is 3.19. The Labute approximate surface area is 116 Å². The van der Waals surface area contributed by atoms with Crippen LogP contribution in [0.2, 0.25) is 0 Å². The Kier molecular flexibility index (Phi) is 4.62. The molecule has 1 aliphatic heterocycles. The molecule has 1 fully saturated rings. The lowest BCUT2D eigenvalue weighted by Crippen LogP contribution is -2.37. The van der Waals surface area contributed by atoms with Crippen LogP contribution in [0.1, 0.15) is 40.2 Å². The number of carboxylic acid groups (broad SMARTS) is 1. The summed E-state index contributed by atoms with van der Waals surface area (Å²) in [6, 6.07) is 0. The van der Waals surface area contributed by atoms with Crippen LogP contribution in [0.15, 0.2) is 12.4 Å². The van der Waals surface area contributed by atoms with Crippen LogP contribution in [0.5, 0.6) is 0 Å². The molecule has 2 rings (SSSR count). The number of ether oxygens (including phenoxy) is 1. The predicted molar refractivity (Wildman–Crippen MR) is 69.5 cm³/mol. The van der Waals surface area contributed by atoms with Crippen LogP contribution in [0.25, 0.3) is 0 Å². The Bertz CT molecular complexity index is 483. The van der Waals surface area contributed by atoms with Gasteiger partial charge in [0.15, 0.2) is 5.69 Å². The number of amides is 1. The average molecular weight is 279 g/mol. The van der Waals surface area contributed by atoms with Gasteiger partial charge in [0.05, 0.1) is 18.5 Å². The van der Waals surface area contributed by atoms with Crippen LogP contribution in [0, 0.1) is 0 Å². The summed E-state index contributed by atoms with van der Waals surface area (Å²) in [6.07, 6.45) is 5.45. The van der Waals surface area contributed by atoms with E-state index in [1.54, 1.807) is 7.05 Å². The number of carbonyl (C=O) groups excluding carboxylic acids is 1. The van der Waals surface area contributed by atoms with Gasteiger partial charge in [0, 0.05) is 20.2 Å². The Morgan fingerprint density at radius 1 is 1.35 bits per heavy atom. The van der Waals surface area contributed by atoms with E-state index in [0.717, 1.165) is 32.1 Å². The van der Waals surface area contributed by atoms with Gasteiger partial charge in [-0.05, 0) is 19.3 Å². The number of hydrogen-bond acceptors (Lipinski definition) is 5. The van der Waals surface area contributed by atoms with Gasteiger partial charge in [0.1, 0.15) is 5.69 Å². The number of aromatic nitrogens is 2. The molecule has 1 aromatic heterocycles. The Morgan fingerprint density at radius 2 is 2.05 bits per heavy atom. The number of nitrogens with zero attached hydrogens (tertiary/aromatic N) is 3. The fraction of sp³-hybridized carbons (Fsp3) is 0.538. The van der Waals surface area contributed by atoms with Gasteiger partial charge in [-0.1, -0.05) is 0 Å². The molecule has 2 heterocycles. The Hall–Kier alpha value is -2.02. The van der Waals surface area contributed by atoms with Gasteiger partial charge in [-0.3, -0.25) is 4.79 Å². The summed E-state index contributed by atoms with van der Waals surface area (Å²) >= 11 is 0. The molecule has 0 saturated carbocycles. The second-order valence-corrected chi connectivity index (χ2v) is 4.77. The molecule has 0 bridgehead atoms. The lowest BCUT2D eigenvalue weighted by Gasteiger charge is -2.27. The van der Waals surface area contributed by atoms with E-state index >= 15 is 0 Å². The maximum Gasteiger partial charge on any atom is 0.356 e. The lowest BCUT2D eigenvalue weighted by molar-refractivity contribution is -0.000300. The fourth-order valence-electron chi connectivity index (χ4n) is 2.08. The van der Waals surface area contributed by atoms with Crippen molar-refractivity contribution < 1.29 is 19.4 Å². The molecule has 7 heteroatoms. The zero-order chi connectivity index (χ0) is 14.5. The number of carboxylic acids is 1. The second kappa shape index (κ2) is 6.42. The molecular weight excluding hydrogens is 262 g/mol. The SMILES string of the molecule is CN(CC1CCCCO1)C(=O)c1cnc(C(=O)O)cn1. The molecule has 1 saturated heterocycles. The van der Waals surface area contributed by atoms with Crippen molar-refractivity contribution in [3.05, 3.63) is 23.8 Å². The van der Waals surface area contributed by atoms with E-state index in [0.29, 0.717) is 6.54 Å². The molecule has 108 valence electrons. The first-order valence-corrected chi connectivity index (χ1v) is 6.50. The topological polar surface area (TPSA) is 92.6 Å². The number of hydrogen-bond donors (Lipinski definition) is 1. The van der Waals surface area contributed by atoms with Gasteiger partial charge in [-0.25, -0.2) is 14.8 Å². The number of carbonyl (C=O) groups is 2. The van der Waals surface area contributed by atoms with E-state index in [4.69, 9.17) is 9.84 Å². The smallest absolute Gasteiger partial charge is 0.356 e. The van der Waals surface area contributed by atoms with Crippen molar-refractivity contribution in [1.82, 2.24) is 14.9 Å². The fourth-order valence-corrected chi connectivity index (χ4v) is 2.08. The van der Waals surface area contributed by atoms with Gasteiger partial charge in [0.25, 0.3) is 5.91 Å². The molecule has 0 radical (unpaired) electrons. The number of likely N-dealkylation sites (N-methyl/N-ethyl adjacent to an activating group) is 1. The third kappa shape index (κ3) is 3.51. The van der Waals surface area contributed by atoms with Crippen molar-refractivity contribution in [2.75, 3.05) is 20.2 Å². The zero-order valence-corrected chi connectivity index (χ0v) is 11.3. The van der Waals surface area contributed by atoms with Gasteiger partial charge in [0.2, 0.25) is 0 Å². The van der Waals surface area contributed by atoms with E-state index in [9.17, 15) is 9.59 Å². The summed E-state index contributed by atoms with van der Waals surface area (Å²) in [5, 5.41) is 8.73. The predicted octanol–water partition coefficient (Wildman–Crippen LogP) is 0.816. The maximum absolute atomic E-state index is 12.1. The van der Waals surface area contributed by atoms with E-state index in [2.05, 4.69) is 9.97 Å². The van der Waals surface area contributed by atoms with Crippen molar-refractivity contribution in [3.8, 4) is 0 Å². The van der Waals surface area contributed by atoms with Gasteiger partial charge >= 0.3 is 5.97 Å².